The lowest BCUT2D eigenvalue weighted by molar-refractivity contribution is 0.0527. The number of anilines is 2. The van der Waals surface area contributed by atoms with Gasteiger partial charge in [0.15, 0.2) is 0 Å². The third-order valence-corrected chi connectivity index (χ3v) is 4.64. The second-order valence-electron chi connectivity index (χ2n) is 5.91. The number of esters is 1. The van der Waals surface area contributed by atoms with Gasteiger partial charge < -0.3 is 14.6 Å². The van der Waals surface area contributed by atoms with Gasteiger partial charge in [-0.1, -0.05) is 40.5 Å². The summed E-state index contributed by atoms with van der Waals surface area (Å²) in [4.78, 5) is 12.2. The zero-order chi connectivity index (χ0) is 19.6. The molecule has 0 aliphatic heterocycles. The molecule has 1 heterocycles. The largest absolute Gasteiger partial charge is 0.462 e. The minimum absolute atomic E-state index is 0.292. The molecule has 0 saturated heterocycles. The molecule has 0 radical (unpaired) electrons. The molecule has 0 unspecified atom stereocenters. The molecular weight excluding hydrogens is 387 g/mol. The van der Waals surface area contributed by atoms with Crippen LogP contribution in [0.5, 0.6) is 0 Å². The topological polar surface area (TPSA) is 64.4 Å². The first-order valence-electron chi connectivity index (χ1n) is 8.37. The van der Waals surface area contributed by atoms with Crippen molar-refractivity contribution in [3.05, 3.63) is 63.5 Å². The molecule has 0 aliphatic rings. The van der Waals surface area contributed by atoms with Crippen molar-refractivity contribution in [3.8, 4) is 11.1 Å². The Labute approximate surface area is 167 Å². The predicted molar refractivity (Wildman–Crippen MR) is 107 cm³/mol. The van der Waals surface area contributed by atoms with Gasteiger partial charge in [0.25, 0.3) is 0 Å². The molecule has 3 rings (SSSR count). The lowest BCUT2D eigenvalue weighted by atomic mass is 10.0. The molecule has 3 aromatic rings. The molecule has 140 valence electrons. The summed E-state index contributed by atoms with van der Waals surface area (Å²) in [6, 6.07) is 10.6. The fourth-order valence-electron chi connectivity index (χ4n) is 2.85. The summed E-state index contributed by atoms with van der Waals surface area (Å²) in [5, 5.41) is 7.93. The molecule has 0 amide bonds. The van der Waals surface area contributed by atoms with E-state index in [9.17, 15) is 4.79 Å². The average Bonchev–Trinajstić information content (AvgIpc) is 2.97. The SMILES string of the molecule is CCOC(=O)c1ccccc1Nc1c(Cl)cc(-c2c(C)noc2C)cc1Cl. The van der Waals surface area contributed by atoms with E-state index in [0.717, 1.165) is 16.8 Å². The van der Waals surface area contributed by atoms with Gasteiger partial charge in [0.2, 0.25) is 0 Å². The Kier molecular flexibility index (Phi) is 5.73. The van der Waals surface area contributed by atoms with Gasteiger partial charge in [-0.2, -0.15) is 0 Å². The summed E-state index contributed by atoms with van der Waals surface area (Å²) in [5.41, 5.74) is 3.90. The maximum Gasteiger partial charge on any atom is 0.340 e. The Balaban J connectivity index is 1.99. The Morgan fingerprint density at radius 1 is 1.19 bits per heavy atom. The summed E-state index contributed by atoms with van der Waals surface area (Å²) in [7, 11) is 0. The summed E-state index contributed by atoms with van der Waals surface area (Å²) >= 11 is 13.0. The molecule has 5 nitrogen and oxygen atoms in total. The fourth-order valence-corrected chi connectivity index (χ4v) is 3.43. The van der Waals surface area contributed by atoms with Crippen LogP contribution in [-0.4, -0.2) is 17.7 Å². The van der Waals surface area contributed by atoms with E-state index in [1.54, 1.807) is 37.3 Å². The van der Waals surface area contributed by atoms with E-state index >= 15 is 0 Å². The van der Waals surface area contributed by atoms with Crippen LogP contribution in [0.1, 0.15) is 28.7 Å². The van der Waals surface area contributed by atoms with Gasteiger partial charge >= 0.3 is 5.97 Å². The van der Waals surface area contributed by atoms with Gasteiger partial charge in [-0.05, 0) is 50.6 Å². The summed E-state index contributed by atoms with van der Waals surface area (Å²) in [5.74, 6) is 0.271. The monoisotopic (exact) mass is 404 g/mol. The van der Waals surface area contributed by atoms with Crippen LogP contribution < -0.4 is 5.32 Å². The number of nitrogens with one attached hydrogen (secondary N) is 1. The first-order chi connectivity index (χ1) is 12.9. The Bertz CT molecular complexity index is 956. The predicted octanol–water partition coefficient (Wildman–Crippen LogP) is 6.19. The van der Waals surface area contributed by atoms with E-state index < -0.39 is 5.97 Å². The highest BCUT2D eigenvalue weighted by Gasteiger charge is 2.18. The fraction of sp³-hybridized carbons (Fsp3) is 0.200. The molecule has 0 saturated carbocycles. The van der Waals surface area contributed by atoms with Crippen molar-refractivity contribution in [2.45, 2.75) is 20.8 Å². The van der Waals surface area contributed by atoms with Crippen molar-refractivity contribution in [2.75, 3.05) is 11.9 Å². The number of halogens is 2. The maximum absolute atomic E-state index is 12.2. The number of carbonyl (C=O) groups excluding carboxylic acids is 1. The number of hydrogen-bond donors (Lipinski definition) is 1. The Hall–Kier alpha value is -2.50. The number of nitrogens with zero attached hydrogens (tertiary/aromatic N) is 1. The third-order valence-electron chi connectivity index (χ3n) is 4.05. The molecule has 0 atom stereocenters. The van der Waals surface area contributed by atoms with Crippen LogP contribution in [0.25, 0.3) is 11.1 Å². The zero-order valence-corrected chi connectivity index (χ0v) is 16.6. The van der Waals surface area contributed by atoms with Crippen molar-refractivity contribution >= 4 is 40.5 Å². The van der Waals surface area contributed by atoms with Crippen LogP contribution in [0.3, 0.4) is 0 Å². The maximum atomic E-state index is 12.2. The smallest absolute Gasteiger partial charge is 0.340 e. The minimum Gasteiger partial charge on any atom is -0.462 e. The molecule has 1 aromatic heterocycles. The highest BCUT2D eigenvalue weighted by atomic mass is 35.5. The van der Waals surface area contributed by atoms with Gasteiger partial charge in [0.1, 0.15) is 5.76 Å². The lowest BCUT2D eigenvalue weighted by Crippen LogP contribution is -2.08. The van der Waals surface area contributed by atoms with Crippen molar-refractivity contribution in [3.63, 3.8) is 0 Å². The van der Waals surface area contributed by atoms with Gasteiger partial charge in [-0.3, -0.25) is 0 Å². The molecular formula is C20H18Cl2N2O3. The molecule has 27 heavy (non-hydrogen) atoms. The summed E-state index contributed by atoms with van der Waals surface area (Å²) in [6.45, 7) is 5.74. The number of benzene rings is 2. The van der Waals surface area contributed by atoms with Crippen molar-refractivity contribution < 1.29 is 14.1 Å². The summed E-state index contributed by atoms with van der Waals surface area (Å²) < 4.78 is 10.3. The van der Waals surface area contributed by atoms with E-state index in [4.69, 9.17) is 32.5 Å². The zero-order valence-electron chi connectivity index (χ0n) is 15.1. The number of hydrogen-bond acceptors (Lipinski definition) is 5. The first kappa shape index (κ1) is 19.3. The average molecular weight is 405 g/mol. The van der Waals surface area contributed by atoms with Crippen molar-refractivity contribution in [1.82, 2.24) is 5.16 Å². The van der Waals surface area contributed by atoms with E-state index in [1.807, 2.05) is 19.9 Å². The van der Waals surface area contributed by atoms with E-state index in [0.29, 0.717) is 39.4 Å². The number of para-hydroxylation sites is 1. The Morgan fingerprint density at radius 2 is 1.85 bits per heavy atom. The number of aryl methyl sites for hydroxylation is 2. The number of rotatable bonds is 5. The Morgan fingerprint density at radius 3 is 2.44 bits per heavy atom. The van der Waals surface area contributed by atoms with E-state index in [1.165, 1.54) is 0 Å². The van der Waals surface area contributed by atoms with Gasteiger partial charge in [-0.25, -0.2) is 4.79 Å². The molecule has 0 aliphatic carbocycles. The molecule has 0 bridgehead atoms. The first-order valence-corrected chi connectivity index (χ1v) is 9.13. The van der Waals surface area contributed by atoms with Gasteiger partial charge in [0, 0.05) is 5.56 Å². The van der Waals surface area contributed by atoms with Crippen LogP contribution in [0.4, 0.5) is 11.4 Å². The van der Waals surface area contributed by atoms with Gasteiger partial charge in [0.05, 0.1) is 39.3 Å². The standard InChI is InChI=1S/C20H18Cl2N2O3/c1-4-26-20(25)14-7-5-6-8-17(14)23-19-15(21)9-13(10-16(19)22)18-11(2)24-27-12(18)3/h5-10,23H,4H2,1-3H3. The van der Waals surface area contributed by atoms with Crippen LogP contribution in [0.15, 0.2) is 40.9 Å². The van der Waals surface area contributed by atoms with Crippen molar-refractivity contribution in [2.24, 2.45) is 0 Å². The second kappa shape index (κ2) is 8.03. The second-order valence-corrected chi connectivity index (χ2v) is 6.72. The molecule has 7 heteroatoms. The van der Waals surface area contributed by atoms with Gasteiger partial charge in [-0.15, -0.1) is 0 Å². The van der Waals surface area contributed by atoms with E-state index in [2.05, 4.69) is 10.5 Å². The molecule has 2 aromatic carbocycles. The minimum atomic E-state index is -0.416. The van der Waals surface area contributed by atoms with Crippen LogP contribution in [0, 0.1) is 13.8 Å². The molecule has 0 spiro atoms. The lowest BCUT2D eigenvalue weighted by Gasteiger charge is -2.15. The van der Waals surface area contributed by atoms with Crippen LogP contribution in [-0.2, 0) is 4.74 Å². The van der Waals surface area contributed by atoms with E-state index in [-0.39, 0.29) is 0 Å². The highest BCUT2D eigenvalue weighted by molar-refractivity contribution is 6.39. The van der Waals surface area contributed by atoms with Crippen molar-refractivity contribution in [1.29, 1.82) is 0 Å². The number of aromatic nitrogens is 1. The van der Waals surface area contributed by atoms with Crippen LogP contribution in [0.2, 0.25) is 10.0 Å². The number of carbonyl (C=O) groups is 1. The number of ether oxygens (including phenoxy) is 1. The highest BCUT2D eigenvalue weighted by Crippen LogP contribution is 2.39. The quantitative estimate of drug-likeness (QED) is 0.513. The summed E-state index contributed by atoms with van der Waals surface area (Å²) in [6.07, 6.45) is 0. The molecule has 1 N–H and O–H groups in total. The normalized spacial score (nSPS) is 10.7. The molecule has 0 fully saturated rings. The van der Waals surface area contributed by atoms with Crippen LogP contribution >= 0.6 is 23.2 Å². The third kappa shape index (κ3) is 3.94.